The summed E-state index contributed by atoms with van der Waals surface area (Å²) < 4.78 is 6.90. The topological polar surface area (TPSA) is 120 Å². The lowest BCUT2D eigenvalue weighted by Gasteiger charge is -2.32. The first-order chi connectivity index (χ1) is 12.2. The highest BCUT2D eigenvalue weighted by molar-refractivity contribution is 5.88. The number of nitrogens with zero attached hydrogens (tertiary/aromatic N) is 6. The summed E-state index contributed by atoms with van der Waals surface area (Å²) in [6, 6.07) is 4.29. The molecule has 4 rings (SSSR count). The molecule has 0 saturated carbocycles. The Morgan fingerprint density at radius 2 is 2.20 bits per heavy atom. The number of hydrogen-bond acceptors (Lipinski definition) is 8. The van der Waals surface area contributed by atoms with Gasteiger partial charge in [0.2, 0.25) is 0 Å². The van der Waals surface area contributed by atoms with E-state index in [4.69, 9.17) is 16.2 Å². The molecule has 0 amide bonds. The first kappa shape index (κ1) is 15.6. The summed E-state index contributed by atoms with van der Waals surface area (Å²) in [5.74, 6) is 0.427. The van der Waals surface area contributed by atoms with Crippen molar-refractivity contribution in [3.05, 3.63) is 24.7 Å². The van der Waals surface area contributed by atoms with Crippen LogP contribution in [-0.4, -0.2) is 50.8 Å². The van der Waals surface area contributed by atoms with Gasteiger partial charge in [0.15, 0.2) is 5.82 Å². The van der Waals surface area contributed by atoms with Crippen LogP contribution in [0, 0.1) is 0 Å². The van der Waals surface area contributed by atoms with Gasteiger partial charge in [-0.25, -0.2) is 14.5 Å². The van der Waals surface area contributed by atoms with E-state index in [9.17, 15) is 0 Å². The number of aromatic nitrogens is 5. The fourth-order valence-electron chi connectivity index (χ4n) is 3.28. The smallest absolute Gasteiger partial charge is 0.316 e. The van der Waals surface area contributed by atoms with E-state index in [1.807, 2.05) is 12.1 Å². The summed E-state index contributed by atoms with van der Waals surface area (Å²) >= 11 is 0. The van der Waals surface area contributed by atoms with Crippen molar-refractivity contribution in [1.29, 1.82) is 0 Å². The van der Waals surface area contributed by atoms with E-state index in [-0.39, 0.29) is 6.04 Å². The highest BCUT2D eigenvalue weighted by atomic mass is 16.5. The van der Waals surface area contributed by atoms with Crippen LogP contribution in [0.25, 0.3) is 16.9 Å². The number of nitrogen functional groups attached to an aromatic ring is 1. The predicted octanol–water partition coefficient (Wildman–Crippen LogP) is 0.705. The maximum Gasteiger partial charge on any atom is 0.316 e. The van der Waals surface area contributed by atoms with Gasteiger partial charge in [0.25, 0.3) is 0 Å². The SMILES string of the molecule is COc1nccc(-c2cc(N3CCC[C@@H](N)C3)c3c(N)ncnn23)n1. The second-order valence-electron chi connectivity index (χ2n) is 6.10. The molecule has 1 aliphatic rings. The molecule has 0 unspecified atom stereocenters. The Balaban J connectivity index is 1.89. The molecule has 1 fully saturated rings. The van der Waals surface area contributed by atoms with Crippen LogP contribution in [-0.2, 0) is 0 Å². The van der Waals surface area contributed by atoms with Crippen molar-refractivity contribution >= 4 is 17.0 Å². The van der Waals surface area contributed by atoms with Crippen LogP contribution in [0.2, 0.25) is 0 Å². The number of piperidine rings is 1. The lowest BCUT2D eigenvalue weighted by Crippen LogP contribution is -2.42. The van der Waals surface area contributed by atoms with E-state index in [1.54, 1.807) is 10.7 Å². The standard InChI is InChI=1S/C16H20N8O/c1-25-16-19-5-4-11(22-16)12-7-13(23-6-2-3-10(17)8-23)14-15(18)20-9-21-24(12)14/h4-5,7,9-10H,2-3,6,8,17H2,1H3,(H2,18,20,21)/t10-/m1/s1. The third-order valence-corrected chi connectivity index (χ3v) is 4.44. The second-order valence-corrected chi connectivity index (χ2v) is 6.10. The molecule has 1 saturated heterocycles. The largest absolute Gasteiger partial charge is 0.467 e. The zero-order valence-electron chi connectivity index (χ0n) is 14.0. The molecule has 0 spiro atoms. The predicted molar refractivity (Wildman–Crippen MR) is 94.4 cm³/mol. The van der Waals surface area contributed by atoms with Crippen molar-refractivity contribution in [3.63, 3.8) is 0 Å². The van der Waals surface area contributed by atoms with E-state index in [1.165, 1.54) is 13.4 Å². The highest BCUT2D eigenvalue weighted by Crippen LogP contribution is 2.34. The van der Waals surface area contributed by atoms with Gasteiger partial charge in [-0.2, -0.15) is 10.1 Å². The van der Waals surface area contributed by atoms with Crippen LogP contribution in [0.5, 0.6) is 6.01 Å². The first-order valence-corrected chi connectivity index (χ1v) is 8.17. The second kappa shape index (κ2) is 6.17. The van der Waals surface area contributed by atoms with E-state index in [0.717, 1.165) is 42.8 Å². The molecule has 3 aromatic heterocycles. The average molecular weight is 340 g/mol. The van der Waals surface area contributed by atoms with Gasteiger partial charge in [0.05, 0.1) is 24.2 Å². The van der Waals surface area contributed by atoms with Crippen LogP contribution in [0.1, 0.15) is 12.8 Å². The normalized spacial score (nSPS) is 17.8. The van der Waals surface area contributed by atoms with Crippen molar-refractivity contribution in [2.75, 3.05) is 30.8 Å². The quantitative estimate of drug-likeness (QED) is 0.715. The monoisotopic (exact) mass is 340 g/mol. The van der Waals surface area contributed by atoms with Crippen molar-refractivity contribution < 1.29 is 4.74 Å². The molecule has 25 heavy (non-hydrogen) atoms. The van der Waals surface area contributed by atoms with Crippen molar-refractivity contribution in [3.8, 4) is 17.4 Å². The van der Waals surface area contributed by atoms with Gasteiger partial charge in [-0.1, -0.05) is 0 Å². The number of methoxy groups -OCH3 is 1. The van der Waals surface area contributed by atoms with E-state index in [2.05, 4.69) is 25.0 Å². The summed E-state index contributed by atoms with van der Waals surface area (Å²) in [7, 11) is 1.54. The number of anilines is 2. The van der Waals surface area contributed by atoms with Gasteiger partial charge >= 0.3 is 6.01 Å². The van der Waals surface area contributed by atoms with Crippen LogP contribution in [0.3, 0.4) is 0 Å². The minimum Gasteiger partial charge on any atom is -0.467 e. The van der Waals surface area contributed by atoms with Gasteiger partial charge in [-0.05, 0) is 25.0 Å². The van der Waals surface area contributed by atoms with Crippen LogP contribution >= 0.6 is 0 Å². The fourth-order valence-corrected chi connectivity index (χ4v) is 3.28. The van der Waals surface area contributed by atoms with Crippen LogP contribution < -0.4 is 21.1 Å². The lowest BCUT2D eigenvalue weighted by atomic mass is 10.1. The highest BCUT2D eigenvalue weighted by Gasteiger charge is 2.24. The van der Waals surface area contributed by atoms with Gasteiger partial charge < -0.3 is 21.1 Å². The summed E-state index contributed by atoms with van der Waals surface area (Å²) in [5, 5.41) is 4.37. The molecular formula is C16H20N8O. The van der Waals surface area contributed by atoms with Crippen LogP contribution in [0.4, 0.5) is 11.5 Å². The average Bonchev–Trinajstić information content (AvgIpc) is 3.03. The lowest BCUT2D eigenvalue weighted by molar-refractivity contribution is 0.380. The van der Waals surface area contributed by atoms with Gasteiger partial charge in [0.1, 0.15) is 11.8 Å². The molecule has 0 aliphatic carbocycles. The fraction of sp³-hybridized carbons (Fsp3) is 0.375. The van der Waals surface area contributed by atoms with Crippen molar-refractivity contribution in [2.45, 2.75) is 18.9 Å². The number of fused-ring (bicyclic) bond motifs is 1. The number of ether oxygens (including phenoxy) is 1. The summed E-state index contributed by atoms with van der Waals surface area (Å²) in [4.78, 5) is 14.9. The molecule has 4 N–H and O–H groups in total. The Kier molecular flexibility index (Phi) is 3.85. The molecular weight excluding hydrogens is 320 g/mol. The first-order valence-electron chi connectivity index (χ1n) is 8.17. The summed E-state index contributed by atoms with van der Waals surface area (Å²) in [5.41, 5.74) is 15.6. The van der Waals surface area contributed by atoms with Crippen molar-refractivity contribution in [2.24, 2.45) is 5.73 Å². The molecule has 9 nitrogen and oxygen atoms in total. The number of rotatable bonds is 3. The number of hydrogen-bond donors (Lipinski definition) is 2. The Hall–Kier alpha value is -2.94. The van der Waals surface area contributed by atoms with E-state index in [0.29, 0.717) is 17.5 Å². The Morgan fingerprint density at radius 3 is 3.00 bits per heavy atom. The van der Waals surface area contributed by atoms with E-state index >= 15 is 0 Å². The van der Waals surface area contributed by atoms with Gasteiger partial charge in [-0.15, -0.1) is 0 Å². The van der Waals surface area contributed by atoms with Gasteiger partial charge in [0, 0.05) is 25.3 Å². The molecule has 1 aliphatic heterocycles. The summed E-state index contributed by atoms with van der Waals surface area (Å²) in [6.07, 6.45) is 5.17. The Morgan fingerprint density at radius 1 is 1.32 bits per heavy atom. The maximum absolute atomic E-state index is 6.16. The molecule has 130 valence electrons. The van der Waals surface area contributed by atoms with E-state index < -0.39 is 0 Å². The van der Waals surface area contributed by atoms with Crippen molar-refractivity contribution in [1.82, 2.24) is 24.6 Å². The minimum atomic E-state index is 0.150. The minimum absolute atomic E-state index is 0.150. The Bertz CT molecular complexity index is 908. The summed E-state index contributed by atoms with van der Waals surface area (Å²) in [6.45, 7) is 1.70. The molecule has 0 radical (unpaired) electrons. The third kappa shape index (κ3) is 2.72. The van der Waals surface area contributed by atoms with Gasteiger partial charge in [-0.3, -0.25) is 0 Å². The van der Waals surface area contributed by atoms with Crippen LogP contribution in [0.15, 0.2) is 24.7 Å². The zero-order valence-corrected chi connectivity index (χ0v) is 14.0. The zero-order chi connectivity index (χ0) is 17.4. The number of nitrogens with two attached hydrogens (primary N) is 2. The molecule has 9 heteroatoms. The molecule has 1 atom stereocenters. The molecule has 3 aromatic rings. The molecule has 0 bridgehead atoms. The maximum atomic E-state index is 6.16. The molecule has 0 aromatic carbocycles. The third-order valence-electron chi connectivity index (χ3n) is 4.44. The molecule has 4 heterocycles. The Labute approximate surface area is 144 Å².